The Labute approximate surface area is 407 Å². The van der Waals surface area contributed by atoms with Gasteiger partial charge in [0.25, 0.3) is 5.69 Å². The Balaban J connectivity index is 1.36. The van der Waals surface area contributed by atoms with Crippen LogP contribution in [0.3, 0.4) is 0 Å². The minimum Gasteiger partial charge on any atom is -0.492 e. The lowest BCUT2D eigenvalue weighted by atomic mass is 9.60. The predicted molar refractivity (Wildman–Crippen MR) is 270 cm³/mol. The van der Waals surface area contributed by atoms with Crippen LogP contribution in [-0.2, 0) is 27.4 Å². The molecule has 0 radical (unpaired) electrons. The standard InChI is InChI=1S/C56H69N5O8/c1-41(2)69-54(62)52-44(5)57-45(6)56(55(63)64,53(52)48-24-19-25-49(36-48)61(65)66)30-31-58(32-34-59(37-46-20-11-7-12-21-46)42(3)39-67-50-26-15-9-16-27-50)33-35-60(38-47-22-13-8-14-23-47)43(4)40-68-51-28-17-10-18-29-51/h7-29,36,41-43,45,53,57H,30-35,37-40H2,1-6H3,(H,63,64). The molecule has 5 aromatic carbocycles. The first-order chi connectivity index (χ1) is 33.2. The third-order valence-corrected chi connectivity index (χ3v) is 13.2. The molecule has 5 aromatic rings. The van der Waals surface area contributed by atoms with Crippen LogP contribution in [0.2, 0.25) is 0 Å². The number of nitrogens with zero attached hydrogens (tertiary/aromatic N) is 4. The summed E-state index contributed by atoms with van der Waals surface area (Å²) in [4.78, 5) is 47.3. The Hall–Kier alpha value is -6.54. The molecule has 1 aliphatic heterocycles. The highest BCUT2D eigenvalue weighted by Gasteiger charge is 2.56. The average molecular weight is 940 g/mol. The molecule has 0 bridgehead atoms. The number of rotatable bonds is 26. The number of non-ortho nitro benzene ring substituents is 1. The summed E-state index contributed by atoms with van der Waals surface area (Å²) in [5.41, 5.74) is 1.48. The van der Waals surface area contributed by atoms with Crippen molar-refractivity contribution in [1.82, 2.24) is 20.0 Å². The number of aliphatic carboxylic acids is 1. The van der Waals surface area contributed by atoms with E-state index in [1.807, 2.05) is 104 Å². The number of nitrogens with one attached hydrogen (secondary N) is 1. The van der Waals surface area contributed by atoms with E-state index in [9.17, 15) is 24.8 Å². The van der Waals surface area contributed by atoms with E-state index in [0.717, 1.165) is 22.6 Å². The molecule has 0 fully saturated rings. The van der Waals surface area contributed by atoms with Crippen LogP contribution in [0.4, 0.5) is 5.69 Å². The van der Waals surface area contributed by atoms with Gasteiger partial charge in [0.05, 0.1) is 22.0 Å². The molecule has 366 valence electrons. The topological polar surface area (TPSA) is 147 Å². The highest BCUT2D eigenvalue weighted by atomic mass is 16.6. The number of nitro benzene ring substituents is 1. The number of nitro groups is 1. The Bertz CT molecular complexity index is 2320. The largest absolute Gasteiger partial charge is 0.492 e. The number of esters is 1. The molecule has 13 heteroatoms. The molecule has 1 aliphatic rings. The molecule has 1 heterocycles. The molecule has 0 saturated carbocycles. The molecule has 0 aromatic heterocycles. The van der Waals surface area contributed by atoms with E-state index in [4.69, 9.17) is 14.2 Å². The summed E-state index contributed by atoms with van der Waals surface area (Å²) in [6.07, 6.45) is -0.386. The zero-order chi connectivity index (χ0) is 49.3. The molecule has 2 N–H and O–H groups in total. The van der Waals surface area contributed by atoms with Crippen molar-refractivity contribution in [3.63, 3.8) is 0 Å². The van der Waals surface area contributed by atoms with E-state index in [2.05, 4.69) is 58.1 Å². The molecular formula is C56H69N5O8. The van der Waals surface area contributed by atoms with Crippen LogP contribution in [0.15, 0.2) is 157 Å². The van der Waals surface area contributed by atoms with Crippen molar-refractivity contribution >= 4 is 17.6 Å². The molecule has 69 heavy (non-hydrogen) atoms. The molecule has 0 saturated heterocycles. The van der Waals surface area contributed by atoms with Crippen LogP contribution in [0, 0.1) is 15.5 Å². The fourth-order valence-electron chi connectivity index (χ4n) is 9.30. The van der Waals surface area contributed by atoms with Gasteiger partial charge in [0.2, 0.25) is 0 Å². The van der Waals surface area contributed by atoms with Crippen molar-refractivity contribution in [3.05, 3.63) is 184 Å². The Morgan fingerprint density at radius 1 is 0.696 bits per heavy atom. The fraction of sp³-hybridized carbons (Fsp3) is 0.393. The SMILES string of the molecule is CC1=C(C(=O)OC(C)C)C(c2cccc([N+](=O)[O-])c2)C(CCN(CCN(Cc2ccccc2)C(C)COc2ccccc2)CCN(Cc2ccccc2)C(C)COc2ccccc2)(C(=O)O)C(C)N1. The van der Waals surface area contributed by atoms with Crippen LogP contribution < -0.4 is 14.8 Å². The molecule has 5 unspecified atom stereocenters. The van der Waals surface area contributed by atoms with Gasteiger partial charge in [-0.2, -0.15) is 0 Å². The molecule has 0 aliphatic carbocycles. The molecule has 6 rings (SSSR count). The number of benzene rings is 5. The molecule has 5 atom stereocenters. The number of ether oxygens (including phenoxy) is 3. The summed E-state index contributed by atoms with van der Waals surface area (Å²) in [7, 11) is 0. The van der Waals surface area contributed by atoms with Crippen molar-refractivity contribution in [2.24, 2.45) is 5.41 Å². The molecule has 0 amide bonds. The first-order valence-corrected chi connectivity index (χ1v) is 24.0. The summed E-state index contributed by atoms with van der Waals surface area (Å²) in [5, 5.41) is 27.2. The van der Waals surface area contributed by atoms with Crippen LogP contribution in [-0.4, -0.2) is 107 Å². The number of hydrogen-bond donors (Lipinski definition) is 2. The second-order valence-electron chi connectivity index (χ2n) is 18.4. The minimum absolute atomic E-state index is 0.00539. The van der Waals surface area contributed by atoms with E-state index in [-0.39, 0.29) is 29.8 Å². The smallest absolute Gasteiger partial charge is 0.336 e. The van der Waals surface area contributed by atoms with Gasteiger partial charge in [0, 0.05) is 81.1 Å². The van der Waals surface area contributed by atoms with Gasteiger partial charge in [-0.3, -0.25) is 24.7 Å². The monoisotopic (exact) mass is 940 g/mol. The summed E-state index contributed by atoms with van der Waals surface area (Å²) < 4.78 is 18.4. The Morgan fingerprint density at radius 3 is 1.62 bits per heavy atom. The predicted octanol–water partition coefficient (Wildman–Crippen LogP) is 9.60. The fourth-order valence-corrected chi connectivity index (χ4v) is 9.30. The number of carbonyl (C=O) groups is 2. The van der Waals surface area contributed by atoms with Crippen LogP contribution in [0.5, 0.6) is 11.5 Å². The van der Waals surface area contributed by atoms with E-state index < -0.39 is 40.3 Å². The number of carboxylic acids is 1. The summed E-state index contributed by atoms with van der Waals surface area (Å²) in [6, 6.07) is 45.6. The van der Waals surface area contributed by atoms with E-state index >= 15 is 0 Å². The number of carbonyl (C=O) groups excluding carboxylic acids is 1. The molecule has 0 spiro atoms. The lowest BCUT2D eigenvalue weighted by Crippen LogP contribution is -2.58. The summed E-state index contributed by atoms with van der Waals surface area (Å²) in [5.74, 6) is -1.26. The maximum absolute atomic E-state index is 14.3. The van der Waals surface area contributed by atoms with Crippen molar-refractivity contribution in [1.29, 1.82) is 0 Å². The van der Waals surface area contributed by atoms with Crippen LogP contribution in [0.25, 0.3) is 0 Å². The van der Waals surface area contributed by atoms with Gasteiger partial charge in [-0.15, -0.1) is 0 Å². The number of hydrogen-bond acceptors (Lipinski definition) is 11. The number of carboxylic acid groups (broad SMARTS) is 1. The van der Waals surface area contributed by atoms with Crippen molar-refractivity contribution < 1.29 is 33.8 Å². The van der Waals surface area contributed by atoms with E-state index in [1.165, 1.54) is 12.1 Å². The van der Waals surface area contributed by atoms with Gasteiger partial charge in [0.1, 0.15) is 24.7 Å². The maximum atomic E-state index is 14.3. The lowest BCUT2D eigenvalue weighted by Gasteiger charge is -2.48. The van der Waals surface area contributed by atoms with Crippen molar-refractivity contribution in [3.8, 4) is 11.5 Å². The van der Waals surface area contributed by atoms with Crippen LogP contribution in [0.1, 0.15) is 70.6 Å². The Kier molecular flexibility index (Phi) is 18.9. The van der Waals surface area contributed by atoms with Gasteiger partial charge in [-0.25, -0.2) is 4.79 Å². The third-order valence-electron chi connectivity index (χ3n) is 13.2. The Morgan fingerprint density at radius 2 is 1.17 bits per heavy atom. The van der Waals surface area contributed by atoms with Crippen molar-refractivity contribution in [2.75, 3.05) is 45.9 Å². The maximum Gasteiger partial charge on any atom is 0.336 e. The lowest BCUT2D eigenvalue weighted by molar-refractivity contribution is -0.384. The second kappa shape index (κ2) is 25.2. The van der Waals surface area contributed by atoms with Gasteiger partial charge in [0.15, 0.2) is 0 Å². The van der Waals surface area contributed by atoms with E-state index in [0.29, 0.717) is 70.3 Å². The highest BCUT2D eigenvalue weighted by Crippen LogP contribution is 2.51. The summed E-state index contributed by atoms with van der Waals surface area (Å²) >= 11 is 0. The minimum atomic E-state index is -1.64. The number of allylic oxidation sites excluding steroid dienone is 1. The normalized spacial score (nSPS) is 17.9. The molecule has 13 nitrogen and oxygen atoms in total. The average Bonchev–Trinajstić information content (AvgIpc) is 3.35. The van der Waals surface area contributed by atoms with Gasteiger partial charge >= 0.3 is 11.9 Å². The van der Waals surface area contributed by atoms with Gasteiger partial charge in [-0.05, 0) is 95.5 Å². The number of para-hydroxylation sites is 2. The van der Waals surface area contributed by atoms with E-state index in [1.54, 1.807) is 32.9 Å². The summed E-state index contributed by atoms with van der Waals surface area (Å²) in [6.45, 7) is 16.4. The highest BCUT2D eigenvalue weighted by molar-refractivity contribution is 5.94. The quantitative estimate of drug-likeness (QED) is 0.0309. The van der Waals surface area contributed by atoms with Gasteiger partial charge < -0.3 is 29.5 Å². The zero-order valence-electron chi connectivity index (χ0n) is 40.9. The first kappa shape index (κ1) is 51.8. The zero-order valence-corrected chi connectivity index (χ0v) is 40.9. The first-order valence-electron chi connectivity index (χ1n) is 24.0. The van der Waals surface area contributed by atoms with Crippen LogP contribution >= 0.6 is 0 Å². The van der Waals surface area contributed by atoms with Crippen molar-refractivity contribution in [2.45, 2.75) is 91.2 Å². The second-order valence-corrected chi connectivity index (χ2v) is 18.4. The third kappa shape index (κ3) is 14.3. The van der Waals surface area contributed by atoms with Gasteiger partial charge in [-0.1, -0.05) is 109 Å². The molecular weight excluding hydrogens is 871 g/mol.